The Balaban J connectivity index is 1.60. The van der Waals surface area contributed by atoms with Crippen molar-refractivity contribution < 1.29 is 14.6 Å². The number of imidazole rings is 1. The number of nitrogens with one attached hydrogen (secondary N) is 2. The second kappa shape index (κ2) is 11.8. The van der Waals surface area contributed by atoms with E-state index in [1.165, 1.54) is 11.8 Å². The minimum absolute atomic E-state index is 0.344. The van der Waals surface area contributed by atoms with Crippen LogP contribution in [-0.2, 0) is 24.4 Å². The van der Waals surface area contributed by atoms with Crippen LogP contribution in [-0.4, -0.2) is 67.8 Å². The van der Waals surface area contributed by atoms with E-state index in [1.54, 1.807) is 10.7 Å². The van der Waals surface area contributed by atoms with Crippen molar-refractivity contribution >= 4 is 64.5 Å². The minimum atomic E-state index is -1.21. The van der Waals surface area contributed by atoms with Gasteiger partial charge in [-0.25, -0.2) is 14.8 Å². The van der Waals surface area contributed by atoms with Crippen molar-refractivity contribution in [3.05, 3.63) is 40.3 Å². The Labute approximate surface area is 228 Å². The SMILES string of the molecule is CSc1nc(NCc2nc3cc(CCNC(=O)O)ccc3n2COCC[Si](C)(C)C)n2ncc(Br)c2n1. The van der Waals surface area contributed by atoms with E-state index in [-0.39, 0.29) is 0 Å². The number of carboxylic acid groups (broad SMARTS) is 1. The lowest BCUT2D eigenvalue weighted by atomic mass is 10.1. The van der Waals surface area contributed by atoms with Gasteiger partial charge in [0.1, 0.15) is 12.6 Å². The summed E-state index contributed by atoms with van der Waals surface area (Å²) in [4.78, 5) is 24.8. The average molecular weight is 608 g/mol. The fourth-order valence-electron chi connectivity index (χ4n) is 3.70. The molecule has 0 atom stereocenters. The molecule has 0 aliphatic rings. The Kier molecular flexibility index (Phi) is 8.72. The van der Waals surface area contributed by atoms with Gasteiger partial charge in [-0.15, -0.1) is 0 Å². The number of halogens is 1. The monoisotopic (exact) mass is 606 g/mol. The van der Waals surface area contributed by atoms with Crippen LogP contribution in [0.1, 0.15) is 11.4 Å². The van der Waals surface area contributed by atoms with Gasteiger partial charge in [0.2, 0.25) is 5.95 Å². The fourth-order valence-corrected chi connectivity index (χ4v) is 5.16. The van der Waals surface area contributed by atoms with Gasteiger partial charge in [0.15, 0.2) is 10.8 Å². The molecule has 1 aromatic carbocycles. The largest absolute Gasteiger partial charge is 0.465 e. The maximum atomic E-state index is 10.8. The number of aromatic nitrogens is 6. The summed E-state index contributed by atoms with van der Waals surface area (Å²) in [6, 6.07) is 7.10. The molecular weight excluding hydrogens is 576 g/mol. The third-order valence-electron chi connectivity index (χ3n) is 5.69. The van der Waals surface area contributed by atoms with Crippen molar-refractivity contribution in [2.45, 2.75) is 50.5 Å². The molecule has 0 bridgehead atoms. The van der Waals surface area contributed by atoms with Gasteiger partial charge in [0.05, 0.1) is 28.2 Å². The third-order valence-corrected chi connectivity index (χ3v) is 8.50. The lowest BCUT2D eigenvalue weighted by molar-refractivity contribution is 0.0880. The number of thioether (sulfide) groups is 1. The molecule has 3 heterocycles. The van der Waals surface area contributed by atoms with Crippen LogP contribution in [0.25, 0.3) is 16.7 Å². The molecule has 4 aromatic rings. The molecule has 11 nitrogen and oxygen atoms in total. The van der Waals surface area contributed by atoms with Crippen LogP contribution in [0.5, 0.6) is 0 Å². The second-order valence-corrected chi connectivity index (χ2v) is 17.0. The van der Waals surface area contributed by atoms with E-state index < -0.39 is 14.2 Å². The number of anilines is 1. The Morgan fingerprint density at radius 3 is 2.78 bits per heavy atom. The predicted molar refractivity (Wildman–Crippen MR) is 151 cm³/mol. The number of hydrogen-bond acceptors (Lipinski definition) is 8. The van der Waals surface area contributed by atoms with Crippen molar-refractivity contribution in [3.8, 4) is 0 Å². The number of hydrogen-bond donors (Lipinski definition) is 3. The summed E-state index contributed by atoms with van der Waals surface area (Å²) in [6.07, 6.45) is 3.18. The standard InChI is InChI=1S/C23H31BrN8O3SSi/c1-36-22-29-20-16(24)12-27-32(20)21(30-22)26-13-19-28-17-11-15(7-8-25-23(33)34)5-6-18(17)31(19)14-35-9-10-37(2,3)4/h5-6,11-12,25H,7-10,13-14H2,1-4H3,(H,33,34)(H,26,29,30). The number of nitrogens with zero attached hydrogens (tertiary/aromatic N) is 6. The molecule has 0 radical (unpaired) electrons. The van der Waals surface area contributed by atoms with Crippen LogP contribution >= 0.6 is 27.7 Å². The quantitative estimate of drug-likeness (QED) is 0.119. The number of fused-ring (bicyclic) bond motifs is 2. The van der Waals surface area contributed by atoms with Gasteiger partial charge >= 0.3 is 6.09 Å². The van der Waals surface area contributed by atoms with E-state index in [0.29, 0.717) is 49.6 Å². The van der Waals surface area contributed by atoms with Gasteiger partial charge in [0, 0.05) is 21.2 Å². The summed E-state index contributed by atoms with van der Waals surface area (Å²) in [7, 11) is -1.21. The van der Waals surface area contributed by atoms with Crippen molar-refractivity contribution in [1.82, 2.24) is 34.4 Å². The van der Waals surface area contributed by atoms with Gasteiger partial charge in [-0.3, -0.25) is 0 Å². The molecule has 3 aromatic heterocycles. The summed E-state index contributed by atoms with van der Waals surface area (Å²) in [5.41, 5.74) is 3.48. The Bertz CT molecular complexity index is 1400. The highest BCUT2D eigenvalue weighted by Gasteiger charge is 2.16. The molecule has 0 saturated heterocycles. The van der Waals surface area contributed by atoms with Gasteiger partial charge in [-0.2, -0.15) is 14.6 Å². The lowest BCUT2D eigenvalue weighted by Gasteiger charge is -2.16. The smallest absolute Gasteiger partial charge is 0.404 e. The van der Waals surface area contributed by atoms with Crippen LogP contribution in [0, 0.1) is 0 Å². The van der Waals surface area contributed by atoms with Crippen molar-refractivity contribution in [1.29, 1.82) is 0 Å². The summed E-state index contributed by atoms with van der Waals surface area (Å²) in [5, 5.41) is 19.7. The van der Waals surface area contributed by atoms with Gasteiger partial charge in [-0.05, 0) is 52.3 Å². The predicted octanol–water partition coefficient (Wildman–Crippen LogP) is 4.69. The van der Waals surface area contributed by atoms with E-state index in [4.69, 9.17) is 14.8 Å². The maximum Gasteiger partial charge on any atom is 0.404 e. The first-order valence-corrected chi connectivity index (χ1v) is 17.6. The van der Waals surface area contributed by atoms with Crippen LogP contribution in [0.2, 0.25) is 25.7 Å². The van der Waals surface area contributed by atoms with Crippen LogP contribution < -0.4 is 10.6 Å². The zero-order chi connectivity index (χ0) is 26.6. The van der Waals surface area contributed by atoms with Gasteiger partial charge < -0.3 is 25.0 Å². The first-order chi connectivity index (χ1) is 17.6. The van der Waals surface area contributed by atoms with E-state index in [1.807, 2.05) is 24.5 Å². The highest BCUT2D eigenvalue weighted by molar-refractivity contribution is 9.10. The van der Waals surface area contributed by atoms with Crippen molar-refractivity contribution in [3.63, 3.8) is 0 Å². The van der Waals surface area contributed by atoms with Crippen LogP contribution in [0.4, 0.5) is 10.7 Å². The normalized spacial score (nSPS) is 11.9. The molecule has 0 fully saturated rings. The summed E-state index contributed by atoms with van der Waals surface area (Å²) < 4.78 is 10.6. The second-order valence-electron chi connectivity index (χ2n) is 9.72. The van der Waals surface area contributed by atoms with Crippen molar-refractivity contribution in [2.75, 3.05) is 24.7 Å². The molecule has 0 unspecified atom stereocenters. The summed E-state index contributed by atoms with van der Waals surface area (Å²) >= 11 is 4.96. The third kappa shape index (κ3) is 7.00. The van der Waals surface area contributed by atoms with Crippen LogP contribution in [0.15, 0.2) is 34.0 Å². The fraction of sp³-hybridized carbons (Fsp3) is 0.435. The first kappa shape index (κ1) is 27.4. The van der Waals surface area contributed by atoms with E-state index in [2.05, 4.69) is 65.8 Å². The van der Waals surface area contributed by atoms with Crippen molar-refractivity contribution in [2.24, 2.45) is 0 Å². The number of carbonyl (C=O) groups is 1. The minimum Gasteiger partial charge on any atom is -0.465 e. The molecule has 37 heavy (non-hydrogen) atoms. The zero-order valence-electron chi connectivity index (χ0n) is 21.3. The average Bonchev–Trinajstić information content (AvgIpc) is 3.39. The van der Waals surface area contributed by atoms with Gasteiger partial charge in [-0.1, -0.05) is 37.5 Å². The highest BCUT2D eigenvalue weighted by Crippen LogP contribution is 2.23. The molecule has 198 valence electrons. The number of ether oxygens (including phenoxy) is 1. The van der Waals surface area contributed by atoms with E-state index >= 15 is 0 Å². The number of rotatable bonds is 12. The Morgan fingerprint density at radius 1 is 1.24 bits per heavy atom. The molecule has 3 N–H and O–H groups in total. The molecular formula is C23H31BrN8O3SSi. The van der Waals surface area contributed by atoms with Crippen LogP contribution in [0.3, 0.4) is 0 Å². The molecule has 0 aliphatic carbocycles. The molecule has 0 saturated carbocycles. The summed E-state index contributed by atoms with van der Waals surface area (Å²) in [6.45, 7) is 8.83. The Morgan fingerprint density at radius 2 is 2.05 bits per heavy atom. The maximum absolute atomic E-state index is 10.8. The van der Waals surface area contributed by atoms with E-state index in [0.717, 1.165) is 32.9 Å². The first-order valence-electron chi connectivity index (χ1n) is 11.9. The zero-order valence-corrected chi connectivity index (χ0v) is 24.7. The topological polar surface area (TPSA) is 131 Å². The number of amides is 1. The highest BCUT2D eigenvalue weighted by atomic mass is 79.9. The molecule has 14 heteroatoms. The summed E-state index contributed by atoms with van der Waals surface area (Å²) in [5.74, 6) is 1.37. The number of benzene rings is 1. The molecule has 0 aliphatic heterocycles. The lowest BCUT2D eigenvalue weighted by Crippen LogP contribution is -2.23. The molecule has 0 spiro atoms. The molecule has 1 amide bonds. The van der Waals surface area contributed by atoms with Gasteiger partial charge in [0.25, 0.3) is 0 Å². The van der Waals surface area contributed by atoms with E-state index in [9.17, 15) is 4.79 Å². The molecule has 4 rings (SSSR count). The Hall–Kier alpha value is -2.68.